The van der Waals surface area contributed by atoms with Crippen LogP contribution in [0.4, 0.5) is 0 Å². The van der Waals surface area contributed by atoms with Crippen molar-refractivity contribution in [3.8, 4) is 11.4 Å². The van der Waals surface area contributed by atoms with E-state index in [1.165, 1.54) is 0 Å². The van der Waals surface area contributed by atoms with Crippen LogP contribution in [-0.4, -0.2) is 46.5 Å². The third kappa shape index (κ3) is 4.77. The van der Waals surface area contributed by atoms with Crippen molar-refractivity contribution in [1.29, 1.82) is 0 Å². The lowest BCUT2D eigenvalue weighted by molar-refractivity contribution is -0.126. The SMILES string of the molecule is COc1cccc(CNC(=O)C2CCN(C(=O)c3cccn3-c3cccnc3)CC2)c1. The smallest absolute Gasteiger partial charge is 0.270 e. The first-order valence-corrected chi connectivity index (χ1v) is 10.4. The number of hydrogen-bond donors (Lipinski definition) is 1. The Labute approximate surface area is 181 Å². The minimum Gasteiger partial charge on any atom is -0.497 e. The topological polar surface area (TPSA) is 76.5 Å². The molecule has 0 atom stereocenters. The monoisotopic (exact) mass is 418 g/mol. The van der Waals surface area contributed by atoms with Gasteiger partial charge in [0.25, 0.3) is 5.91 Å². The number of nitrogens with zero attached hydrogens (tertiary/aromatic N) is 3. The zero-order chi connectivity index (χ0) is 21.6. The van der Waals surface area contributed by atoms with Gasteiger partial charge in [0.2, 0.25) is 5.91 Å². The predicted molar refractivity (Wildman–Crippen MR) is 117 cm³/mol. The maximum atomic E-state index is 13.1. The third-order valence-corrected chi connectivity index (χ3v) is 5.65. The molecule has 3 aromatic rings. The quantitative estimate of drug-likeness (QED) is 0.668. The van der Waals surface area contributed by atoms with Gasteiger partial charge in [0.05, 0.1) is 19.0 Å². The zero-order valence-electron chi connectivity index (χ0n) is 17.5. The molecule has 0 saturated carbocycles. The Morgan fingerprint density at radius 3 is 2.71 bits per heavy atom. The summed E-state index contributed by atoms with van der Waals surface area (Å²) in [5.41, 5.74) is 2.45. The molecule has 2 amide bonds. The van der Waals surface area contributed by atoms with E-state index in [4.69, 9.17) is 4.74 Å². The molecule has 7 heteroatoms. The van der Waals surface area contributed by atoms with Crippen LogP contribution in [0.2, 0.25) is 0 Å². The van der Waals surface area contributed by atoms with Crippen molar-refractivity contribution in [3.05, 3.63) is 78.4 Å². The average molecular weight is 418 g/mol. The van der Waals surface area contributed by atoms with Crippen molar-refractivity contribution in [2.24, 2.45) is 5.92 Å². The summed E-state index contributed by atoms with van der Waals surface area (Å²) < 4.78 is 7.07. The van der Waals surface area contributed by atoms with Gasteiger partial charge in [-0.05, 0) is 54.8 Å². The van der Waals surface area contributed by atoms with E-state index in [0.717, 1.165) is 17.0 Å². The van der Waals surface area contributed by atoms with Crippen molar-refractivity contribution in [2.45, 2.75) is 19.4 Å². The number of carbonyl (C=O) groups is 2. The van der Waals surface area contributed by atoms with Crippen LogP contribution in [0.25, 0.3) is 5.69 Å². The van der Waals surface area contributed by atoms with Crippen molar-refractivity contribution in [2.75, 3.05) is 20.2 Å². The molecule has 0 unspecified atom stereocenters. The Bertz CT molecular complexity index is 1040. The van der Waals surface area contributed by atoms with Gasteiger partial charge in [-0.25, -0.2) is 0 Å². The molecule has 0 spiro atoms. The van der Waals surface area contributed by atoms with Gasteiger partial charge in [-0.1, -0.05) is 12.1 Å². The van der Waals surface area contributed by atoms with Crippen LogP contribution in [0.1, 0.15) is 28.9 Å². The second-order valence-corrected chi connectivity index (χ2v) is 7.61. The number of aromatic nitrogens is 2. The maximum absolute atomic E-state index is 13.1. The second kappa shape index (κ2) is 9.47. The van der Waals surface area contributed by atoms with Crippen LogP contribution in [0.15, 0.2) is 67.1 Å². The summed E-state index contributed by atoms with van der Waals surface area (Å²) in [5.74, 6) is 0.701. The Morgan fingerprint density at radius 2 is 1.97 bits per heavy atom. The summed E-state index contributed by atoms with van der Waals surface area (Å²) in [6, 6.07) is 15.1. The van der Waals surface area contributed by atoms with Gasteiger partial charge in [-0.2, -0.15) is 0 Å². The molecule has 3 heterocycles. The summed E-state index contributed by atoms with van der Waals surface area (Å²) in [6.07, 6.45) is 6.61. The van der Waals surface area contributed by atoms with Gasteiger partial charge in [-0.15, -0.1) is 0 Å². The van der Waals surface area contributed by atoms with Gasteiger partial charge >= 0.3 is 0 Å². The van der Waals surface area contributed by atoms with Crippen molar-refractivity contribution in [1.82, 2.24) is 19.8 Å². The molecule has 1 fully saturated rings. The van der Waals surface area contributed by atoms with Crippen LogP contribution in [0, 0.1) is 5.92 Å². The summed E-state index contributed by atoms with van der Waals surface area (Å²) >= 11 is 0. The van der Waals surface area contributed by atoms with E-state index in [2.05, 4.69) is 10.3 Å². The number of likely N-dealkylation sites (tertiary alicyclic amines) is 1. The normalized spacial score (nSPS) is 14.3. The number of amides is 2. The van der Waals surface area contributed by atoms with Crippen molar-refractivity contribution in [3.63, 3.8) is 0 Å². The number of ether oxygens (including phenoxy) is 1. The fraction of sp³-hybridized carbons (Fsp3) is 0.292. The van der Waals surface area contributed by atoms with Crippen LogP contribution in [0.3, 0.4) is 0 Å². The highest BCUT2D eigenvalue weighted by atomic mass is 16.5. The van der Waals surface area contributed by atoms with Crippen molar-refractivity contribution >= 4 is 11.8 Å². The molecule has 160 valence electrons. The van der Waals surface area contributed by atoms with E-state index in [0.29, 0.717) is 38.2 Å². The maximum Gasteiger partial charge on any atom is 0.270 e. The number of methoxy groups -OCH3 is 1. The Hall–Kier alpha value is -3.61. The van der Waals surface area contributed by atoms with Crippen LogP contribution in [-0.2, 0) is 11.3 Å². The van der Waals surface area contributed by atoms with Gasteiger partial charge in [0, 0.05) is 37.9 Å². The summed E-state index contributed by atoms with van der Waals surface area (Å²) in [5, 5.41) is 3.01. The van der Waals surface area contributed by atoms with Crippen LogP contribution in [0.5, 0.6) is 5.75 Å². The first-order chi connectivity index (χ1) is 15.2. The van der Waals surface area contributed by atoms with E-state index in [1.54, 1.807) is 19.5 Å². The van der Waals surface area contributed by atoms with Crippen molar-refractivity contribution < 1.29 is 14.3 Å². The molecule has 31 heavy (non-hydrogen) atoms. The van der Waals surface area contributed by atoms with E-state index in [9.17, 15) is 9.59 Å². The lowest BCUT2D eigenvalue weighted by Crippen LogP contribution is -2.43. The highest BCUT2D eigenvalue weighted by Crippen LogP contribution is 2.21. The number of pyridine rings is 1. The lowest BCUT2D eigenvalue weighted by atomic mass is 9.95. The Morgan fingerprint density at radius 1 is 1.13 bits per heavy atom. The molecule has 1 aromatic carbocycles. The molecule has 0 bridgehead atoms. The Kier molecular flexibility index (Phi) is 6.31. The minimum atomic E-state index is -0.0835. The summed E-state index contributed by atoms with van der Waals surface area (Å²) in [7, 11) is 1.63. The van der Waals surface area contributed by atoms with E-state index >= 15 is 0 Å². The molecule has 1 aliphatic rings. The molecule has 0 radical (unpaired) electrons. The number of benzene rings is 1. The number of hydrogen-bond acceptors (Lipinski definition) is 4. The van der Waals surface area contributed by atoms with Gasteiger partial charge < -0.3 is 19.5 Å². The van der Waals surface area contributed by atoms with Gasteiger partial charge in [-0.3, -0.25) is 14.6 Å². The molecular formula is C24H26N4O3. The van der Waals surface area contributed by atoms with E-state index in [-0.39, 0.29) is 17.7 Å². The fourth-order valence-corrected chi connectivity index (χ4v) is 3.90. The lowest BCUT2D eigenvalue weighted by Gasteiger charge is -2.31. The number of rotatable bonds is 6. The number of nitrogens with one attached hydrogen (secondary N) is 1. The first kappa shape index (κ1) is 20.7. The second-order valence-electron chi connectivity index (χ2n) is 7.61. The molecule has 7 nitrogen and oxygen atoms in total. The molecule has 4 rings (SSSR count). The average Bonchev–Trinajstić information content (AvgIpc) is 3.33. The zero-order valence-corrected chi connectivity index (χ0v) is 17.5. The molecule has 1 aliphatic heterocycles. The largest absolute Gasteiger partial charge is 0.497 e. The van der Waals surface area contributed by atoms with Crippen LogP contribution >= 0.6 is 0 Å². The molecular weight excluding hydrogens is 392 g/mol. The van der Waals surface area contributed by atoms with E-state index < -0.39 is 0 Å². The Balaban J connectivity index is 1.32. The number of piperidine rings is 1. The fourth-order valence-electron chi connectivity index (χ4n) is 3.90. The molecule has 0 aliphatic carbocycles. The van der Waals surface area contributed by atoms with Gasteiger partial charge in [0.1, 0.15) is 11.4 Å². The van der Waals surface area contributed by atoms with Gasteiger partial charge in [0.15, 0.2) is 0 Å². The molecule has 1 saturated heterocycles. The molecule has 2 aromatic heterocycles. The standard InChI is InChI=1S/C24H26N4O3/c1-31-21-7-2-5-18(15-21)16-26-23(29)19-9-13-27(14-10-19)24(30)22-8-4-12-28(22)20-6-3-11-25-17-20/h2-8,11-12,15,17,19H,9-10,13-14,16H2,1H3,(H,26,29). The highest BCUT2D eigenvalue weighted by molar-refractivity contribution is 5.93. The van der Waals surface area contributed by atoms with Crippen LogP contribution < -0.4 is 10.1 Å². The third-order valence-electron chi connectivity index (χ3n) is 5.65. The first-order valence-electron chi connectivity index (χ1n) is 10.4. The molecule has 1 N–H and O–H groups in total. The number of carbonyl (C=O) groups excluding carboxylic acids is 2. The van der Waals surface area contributed by atoms with E-state index in [1.807, 2.05) is 64.2 Å². The summed E-state index contributed by atoms with van der Waals surface area (Å²) in [6.45, 7) is 1.59. The minimum absolute atomic E-state index is 0.0240. The predicted octanol–water partition coefficient (Wildman–Crippen LogP) is 3.05. The summed E-state index contributed by atoms with van der Waals surface area (Å²) in [4.78, 5) is 31.7. The highest BCUT2D eigenvalue weighted by Gasteiger charge is 2.28.